The zero-order valence-corrected chi connectivity index (χ0v) is 16.4. The molecule has 3 rings (SSSR count). The third-order valence-electron chi connectivity index (χ3n) is 5.21. The van der Waals surface area contributed by atoms with Crippen molar-refractivity contribution in [3.8, 4) is 0 Å². The van der Waals surface area contributed by atoms with Gasteiger partial charge < -0.3 is 10.2 Å². The first kappa shape index (κ1) is 20.3. The van der Waals surface area contributed by atoms with Crippen LogP contribution in [-0.4, -0.2) is 29.3 Å². The molecule has 0 bridgehead atoms. The summed E-state index contributed by atoms with van der Waals surface area (Å²) in [5.74, 6) is -2.53. The van der Waals surface area contributed by atoms with E-state index >= 15 is 0 Å². The van der Waals surface area contributed by atoms with E-state index in [1.54, 1.807) is 26.0 Å². The van der Waals surface area contributed by atoms with Gasteiger partial charge in [0.1, 0.15) is 11.6 Å². The number of benzene rings is 2. The summed E-state index contributed by atoms with van der Waals surface area (Å²) in [5, 5.41) is 2.87. The van der Waals surface area contributed by atoms with Crippen molar-refractivity contribution in [3.05, 3.63) is 64.2 Å². The van der Waals surface area contributed by atoms with Crippen molar-refractivity contribution in [1.82, 2.24) is 4.90 Å². The number of carbonyl (C=O) groups excluding carboxylic acids is 2. The maximum absolute atomic E-state index is 14.2. The van der Waals surface area contributed by atoms with Crippen LogP contribution in [0, 0.1) is 24.5 Å². The molecule has 0 aliphatic carbocycles. The van der Waals surface area contributed by atoms with E-state index in [2.05, 4.69) is 5.32 Å². The fourth-order valence-corrected chi connectivity index (χ4v) is 3.82. The number of piperidine rings is 1. The van der Waals surface area contributed by atoms with E-state index in [1.807, 2.05) is 0 Å². The molecule has 28 heavy (non-hydrogen) atoms. The molecule has 1 saturated heterocycles. The summed E-state index contributed by atoms with van der Waals surface area (Å²) in [6.45, 7) is 3.87. The van der Waals surface area contributed by atoms with E-state index in [0.29, 0.717) is 30.0 Å². The first-order chi connectivity index (χ1) is 13.3. The fraction of sp³-hybridized carbons (Fsp3) is 0.333. The average Bonchev–Trinajstić information content (AvgIpc) is 2.64. The second-order valence-electron chi connectivity index (χ2n) is 7.03. The Morgan fingerprint density at radius 1 is 1.18 bits per heavy atom. The van der Waals surface area contributed by atoms with Crippen molar-refractivity contribution >= 4 is 29.1 Å². The number of nitrogens with one attached hydrogen (secondary N) is 1. The van der Waals surface area contributed by atoms with Crippen LogP contribution >= 0.6 is 11.6 Å². The molecular weight excluding hydrogens is 386 g/mol. The van der Waals surface area contributed by atoms with Crippen LogP contribution in [0.25, 0.3) is 0 Å². The molecule has 148 valence electrons. The molecule has 1 fully saturated rings. The molecule has 0 spiro atoms. The van der Waals surface area contributed by atoms with Gasteiger partial charge in [-0.25, -0.2) is 8.78 Å². The molecule has 2 aromatic carbocycles. The first-order valence-electron chi connectivity index (χ1n) is 9.11. The number of amides is 2. The molecule has 7 heteroatoms. The standard InChI is InChI=1S/C21H21ClF2N2O2/c1-12-5-3-7-17(24)19(12)21(28)26-10-4-6-15(13(26)2)20(27)25-18-11-14(22)8-9-16(18)23/h3,5,7-9,11,13,15H,4,6,10H2,1-2H3,(H,25,27)/t13-,15-/m0/s1. The van der Waals surface area contributed by atoms with Crippen LogP contribution in [0.1, 0.15) is 35.7 Å². The zero-order chi connectivity index (χ0) is 20.4. The number of aryl methyl sites for hydroxylation is 1. The van der Waals surface area contributed by atoms with Crippen LogP contribution in [0.4, 0.5) is 14.5 Å². The normalized spacial score (nSPS) is 19.4. The van der Waals surface area contributed by atoms with Gasteiger partial charge in [0.25, 0.3) is 5.91 Å². The maximum Gasteiger partial charge on any atom is 0.257 e. The second kappa shape index (κ2) is 8.27. The molecule has 0 aromatic heterocycles. The highest BCUT2D eigenvalue weighted by atomic mass is 35.5. The van der Waals surface area contributed by atoms with Gasteiger partial charge in [-0.05, 0) is 56.5 Å². The minimum atomic E-state index is -0.587. The van der Waals surface area contributed by atoms with E-state index < -0.39 is 35.4 Å². The molecule has 2 aromatic rings. The molecule has 4 nitrogen and oxygen atoms in total. The molecule has 1 aliphatic rings. The smallest absolute Gasteiger partial charge is 0.257 e. The van der Waals surface area contributed by atoms with Crippen LogP contribution in [-0.2, 0) is 4.79 Å². The molecule has 0 saturated carbocycles. The van der Waals surface area contributed by atoms with Crippen LogP contribution in [0.3, 0.4) is 0 Å². The van der Waals surface area contributed by atoms with Crippen molar-refractivity contribution in [2.24, 2.45) is 5.92 Å². The van der Waals surface area contributed by atoms with Crippen LogP contribution in [0.5, 0.6) is 0 Å². The molecular formula is C21H21ClF2N2O2. The highest BCUT2D eigenvalue weighted by molar-refractivity contribution is 6.30. The lowest BCUT2D eigenvalue weighted by molar-refractivity contribution is -0.122. The Morgan fingerprint density at radius 3 is 2.64 bits per heavy atom. The van der Waals surface area contributed by atoms with E-state index in [0.717, 1.165) is 0 Å². The van der Waals surface area contributed by atoms with E-state index in [-0.39, 0.29) is 11.3 Å². The molecule has 2 amide bonds. The third-order valence-corrected chi connectivity index (χ3v) is 5.44. The molecule has 0 radical (unpaired) electrons. The largest absolute Gasteiger partial charge is 0.335 e. The van der Waals surface area contributed by atoms with Gasteiger partial charge in [-0.1, -0.05) is 23.7 Å². The molecule has 1 N–H and O–H groups in total. The number of halogens is 3. The van der Waals surface area contributed by atoms with Gasteiger partial charge in [-0.3, -0.25) is 9.59 Å². The Morgan fingerprint density at radius 2 is 1.93 bits per heavy atom. The average molecular weight is 407 g/mol. The summed E-state index contributed by atoms with van der Waals surface area (Å²) in [5.41, 5.74) is 0.569. The Kier molecular flexibility index (Phi) is 5.98. The molecule has 2 atom stereocenters. The predicted molar refractivity (Wildman–Crippen MR) is 104 cm³/mol. The third kappa shape index (κ3) is 4.02. The van der Waals surface area contributed by atoms with Gasteiger partial charge in [-0.2, -0.15) is 0 Å². The number of anilines is 1. The zero-order valence-electron chi connectivity index (χ0n) is 15.6. The monoisotopic (exact) mass is 406 g/mol. The lowest BCUT2D eigenvalue weighted by Gasteiger charge is -2.39. The van der Waals surface area contributed by atoms with E-state index in [4.69, 9.17) is 11.6 Å². The van der Waals surface area contributed by atoms with Gasteiger partial charge in [0, 0.05) is 17.6 Å². The van der Waals surface area contributed by atoms with Crippen LogP contribution in [0.2, 0.25) is 5.02 Å². The van der Waals surface area contributed by atoms with Gasteiger partial charge in [0.2, 0.25) is 5.91 Å². The maximum atomic E-state index is 14.2. The van der Waals surface area contributed by atoms with Crippen molar-refractivity contribution in [2.45, 2.75) is 32.7 Å². The lowest BCUT2D eigenvalue weighted by atomic mass is 9.88. The summed E-state index contributed by atoms with van der Waals surface area (Å²) in [6.07, 6.45) is 1.15. The lowest BCUT2D eigenvalue weighted by Crippen LogP contribution is -2.50. The molecule has 0 unspecified atom stereocenters. The Balaban J connectivity index is 1.80. The Bertz CT molecular complexity index is 899. The summed E-state index contributed by atoms with van der Waals surface area (Å²) >= 11 is 5.87. The quantitative estimate of drug-likeness (QED) is 0.795. The minimum Gasteiger partial charge on any atom is -0.335 e. The molecule has 1 aliphatic heterocycles. The van der Waals surface area contributed by atoms with Gasteiger partial charge >= 0.3 is 0 Å². The highest BCUT2D eigenvalue weighted by Gasteiger charge is 2.37. The second-order valence-corrected chi connectivity index (χ2v) is 7.47. The SMILES string of the molecule is Cc1cccc(F)c1C(=O)N1CCC[C@H](C(=O)Nc2cc(Cl)ccc2F)[C@@H]1C. The number of rotatable bonds is 3. The van der Waals surface area contributed by atoms with Crippen molar-refractivity contribution in [2.75, 3.05) is 11.9 Å². The van der Waals surface area contributed by atoms with Crippen molar-refractivity contribution in [3.63, 3.8) is 0 Å². The van der Waals surface area contributed by atoms with E-state index in [9.17, 15) is 18.4 Å². The number of hydrogen-bond acceptors (Lipinski definition) is 2. The number of carbonyl (C=O) groups is 2. The number of nitrogens with zero attached hydrogens (tertiary/aromatic N) is 1. The molecule has 1 heterocycles. The summed E-state index contributed by atoms with van der Waals surface area (Å²) in [4.78, 5) is 27.2. The topological polar surface area (TPSA) is 49.4 Å². The van der Waals surface area contributed by atoms with Crippen LogP contribution in [0.15, 0.2) is 36.4 Å². The number of hydrogen-bond donors (Lipinski definition) is 1. The van der Waals surface area contributed by atoms with Crippen LogP contribution < -0.4 is 5.32 Å². The van der Waals surface area contributed by atoms with Crippen molar-refractivity contribution in [1.29, 1.82) is 0 Å². The predicted octanol–water partition coefficient (Wildman–Crippen LogP) is 4.81. The first-order valence-corrected chi connectivity index (χ1v) is 9.49. The summed E-state index contributed by atoms with van der Waals surface area (Å²) in [6, 6.07) is 7.94. The fourth-order valence-electron chi connectivity index (χ4n) is 3.65. The Hall–Kier alpha value is -2.47. The van der Waals surface area contributed by atoms with Gasteiger partial charge in [-0.15, -0.1) is 0 Å². The number of likely N-dealkylation sites (tertiary alicyclic amines) is 1. The van der Waals surface area contributed by atoms with Gasteiger partial charge in [0.05, 0.1) is 17.2 Å². The van der Waals surface area contributed by atoms with E-state index in [1.165, 1.54) is 29.2 Å². The Labute approximate surface area is 167 Å². The highest BCUT2D eigenvalue weighted by Crippen LogP contribution is 2.29. The summed E-state index contributed by atoms with van der Waals surface area (Å²) in [7, 11) is 0. The summed E-state index contributed by atoms with van der Waals surface area (Å²) < 4.78 is 28.2. The minimum absolute atomic E-state index is 0.00176. The van der Waals surface area contributed by atoms with Crippen molar-refractivity contribution < 1.29 is 18.4 Å². The van der Waals surface area contributed by atoms with Gasteiger partial charge in [0.15, 0.2) is 0 Å².